The number of pyridine rings is 1. The normalized spacial score (nSPS) is 28.5. The lowest BCUT2D eigenvalue weighted by Gasteiger charge is -2.39. The number of alkyl halides is 1. The number of hydrogen-bond acceptors (Lipinski definition) is 8. The standard InChI is InChI=1S/C31H34ClF3N6O2/c1-2-19-13-41-20(11-36-19)14-42-29-24-27(25(35)26(37-29)21-8-17(33)9-22(32)23(21)16-4-5-16)38-30(39-28(24)41)43-15-31-6-3-7-40(31)12-18(34)10-31/h8-9,16,18-20,36H,2-7,10-15H2,1H3/t18-,19-,20+,31+/m1/s1. The fraction of sp³-hybridized carbons (Fsp3) is 0.581. The second kappa shape index (κ2) is 10.3. The summed E-state index contributed by atoms with van der Waals surface area (Å²) in [5, 5.41) is 4.19. The van der Waals surface area contributed by atoms with Crippen LogP contribution in [0.3, 0.4) is 0 Å². The van der Waals surface area contributed by atoms with Crippen molar-refractivity contribution in [2.24, 2.45) is 0 Å². The van der Waals surface area contributed by atoms with E-state index in [4.69, 9.17) is 26.1 Å². The van der Waals surface area contributed by atoms with Crippen LogP contribution in [0.15, 0.2) is 12.1 Å². The van der Waals surface area contributed by atoms with E-state index in [1.807, 2.05) is 0 Å². The van der Waals surface area contributed by atoms with Gasteiger partial charge in [0, 0.05) is 42.7 Å². The van der Waals surface area contributed by atoms with Gasteiger partial charge in [-0.2, -0.15) is 9.97 Å². The SMILES string of the molecule is CC[C@@H]1CN2c3nc(OC[C@@]45CCCN4C[C@H](F)C5)nc4c(F)c(-c5cc(F)cc(Cl)c5C5CC5)nc(c34)OC[C@@H]2CN1. The molecule has 4 atom stereocenters. The Kier molecular flexibility index (Phi) is 6.65. The molecule has 0 amide bonds. The van der Waals surface area contributed by atoms with Gasteiger partial charge in [0.1, 0.15) is 47.6 Å². The van der Waals surface area contributed by atoms with Gasteiger partial charge in [-0.05, 0) is 62.3 Å². The molecule has 3 saturated heterocycles. The molecule has 2 aromatic heterocycles. The van der Waals surface area contributed by atoms with E-state index < -0.39 is 23.3 Å². The third kappa shape index (κ3) is 4.61. The van der Waals surface area contributed by atoms with Gasteiger partial charge in [-0.25, -0.2) is 18.2 Å². The van der Waals surface area contributed by atoms with E-state index in [1.54, 1.807) is 0 Å². The van der Waals surface area contributed by atoms with Crippen LogP contribution in [0.2, 0.25) is 5.02 Å². The fourth-order valence-corrected chi connectivity index (χ4v) is 7.96. The Morgan fingerprint density at radius 1 is 1.19 bits per heavy atom. The van der Waals surface area contributed by atoms with E-state index in [0.717, 1.165) is 38.6 Å². The number of halogens is 4. The second-order valence-corrected chi connectivity index (χ2v) is 13.2. The Labute approximate surface area is 252 Å². The molecule has 1 N–H and O–H groups in total. The highest BCUT2D eigenvalue weighted by Crippen LogP contribution is 2.49. The summed E-state index contributed by atoms with van der Waals surface area (Å²) in [6.07, 6.45) is 4.00. The molecule has 4 aliphatic heterocycles. The summed E-state index contributed by atoms with van der Waals surface area (Å²) >= 11 is 6.51. The molecule has 6 heterocycles. The average molecular weight is 615 g/mol. The Morgan fingerprint density at radius 3 is 2.86 bits per heavy atom. The number of ether oxygens (including phenoxy) is 2. The molecule has 1 aromatic carbocycles. The predicted octanol–water partition coefficient (Wildman–Crippen LogP) is 5.41. The first kappa shape index (κ1) is 27.6. The van der Waals surface area contributed by atoms with E-state index in [0.29, 0.717) is 55.0 Å². The molecule has 5 aliphatic rings. The molecule has 12 heteroatoms. The molecule has 1 aliphatic carbocycles. The number of anilines is 1. The molecular formula is C31H34ClF3N6O2. The Balaban J connectivity index is 1.29. The predicted molar refractivity (Wildman–Crippen MR) is 157 cm³/mol. The molecule has 0 spiro atoms. The van der Waals surface area contributed by atoms with Crippen molar-refractivity contribution in [1.29, 1.82) is 0 Å². The van der Waals surface area contributed by atoms with Crippen molar-refractivity contribution in [3.05, 3.63) is 34.4 Å². The molecule has 0 bridgehead atoms. The summed E-state index contributed by atoms with van der Waals surface area (Å²) in [6, 6.07) is 2.72. The van der Waals surface area contributed by atoms with Gasteiger partial charge in [0.05, 0.1) is 11.6 Å². The summed E-state index contributed by atoms with van der Waals surface area (Å²) in [4.78, 5) is 18.4. The van der Waals surface area contributed by atoms with E-state index in [-0.39, 0.29) is 52.7 Å². The number of piperazine rings is 1. The highest BCUT2D eigenvalue weighted by atomic mass is 35.5. The van der Waals surface area contributed by atoms with E-state index >= 15 is 4.39 Å². The molecule has 8 nitrogen and oxygen atoms in total. The first-order valence-corrected chi connectivity index (χ1v) is 15.8. The quantitative estimate of drug-likeness (QED) is 0.395. The molecule has 228 valence electrons. The van der Waals surface area contributed by atoms with Gasteiger partial charge >= 0.3 is 6.01 Å². The number of nitrogens with zero attached hydrogens (tertiary/aromatic N) is 5. The first-order valence-electron chi connectivity index (χ1n) is 15.4. The smallest absolute Gasteiger partial charge is 0.319 e. The minimum Gasteiger partial charge on any atom is -0.475 e. The summed E-state index contributed by atoms with van der Waals surface area (Å²) in [5.74, 6) is -0.447. The Morgan fingerprint density at radius 2 is 2.05 bits per heavy atom. The molecule has 0 radical (unpaired) electrons. The number of nitrogens with one attached hydrogen (secondary N) is 1. The largest absolute Gasteiger partial charge is 0.475 e. The lowest BCUT2D eigenvalue weighted by Crippen LogP contribution is -2.58. The van der Waals surface area contributed by atoms with Crippen molar-refractivity contribution in [2.75, 3.05) is 44.3 Å². The zero-order valence-electron chi connectivity index (χ0n) is 24.0. The lowest BCUT2D eigenvalue weighted by molar-refractivity contribution is 0.107. The van der Waals surface area contributed by atoms with Crippen molar-refractivity contribution in [1.82, 2.24) is 25.2 Å². The maximum absolute atomic E-state index is 16.8. The number of fused-ring (bicyclic) bond motifs is 3. The van der Waals surface area contributed by atoms with Crippen molar-refractivity contribution in [2.45, 2.75) is 75.2 Å². The van der Waals surface area contributed by atoms with Crippen molar-refractivity contribution < 1.29 is 22.6 Å². The van der Waals surface area contributed by atoms with Crippen molar-refractivity contribution >= 4 is 28.3 Å². The zero-order chi connectivity index (χ0) is 29.5. The van der Waals surface area contributed by atoms with Crippen molar-refractivity contribution in [3.63, 3.8) is 0 Å². The molecular weight excluding hydrogens is 581 g/mol. The third-order valence-corrected chi connectivity index (χ3v) is 10.3. The van der Waals surface area contributed by atoms with Crippen LogP contribution in [-0.2, 0) is 0 Å². The van der Waals surface area contributed by atoms with Gasteiger partial charge in [0.25, 0.3) is 0 Å². The maximum Gasteiger partial charge on any atom is 0.319 e. The van der Waals surface area contributed by atoms with Crippen LogP contribution in [0.25, 0.3) is 22.2 Å². The van der Waals surface area contributed by atoms with Gasteiger partial charge in [-0.15, -0.1) is 0 Å². The minimum absolute atomic E-state index is 0.00456. The number of benzene rings is 1. The van der Waals surface area contributed by atoms with Gasteiger partial charge < -0.3 is 19.7 Å². The Hall–Kier alpha value is -2.89. The lowest BCUT2D eigenvalue weighted by atomic mass is 9.95. The summed E-state index contributed by atoms with van der Waals surface area (Å²) in [7, 11) is 0. The summed E-state index contributed by atoms with van der Waals surface area (Å²) < 4.78 is 58.4. The summed E-state index contributed by atoms with van der Waals surface area (Å²) in [6.45, 7) is 5.17. The van der Waals surface area contributed by atoms with Crippen LogP contribution in [0, 0.1) is 11.6 Å². The van der Waals surface area contributed by atoms with E-state index in [9.17, 15) is 8.78 Å². The molecule has 8 rings (SSSR count). The molecule has 1 saturated carbocycles. The monoisotopic (exact) mass is 614 g/mol. The number of hydrogen-bond donors (Lipinski definition) is 1. The topological polar surface area (TPSA) is 75.6 Å². The fourth-order valence-electron chi connectivity index (χ4n) is 7.59. The first-order chi connectivity index (χ1) is 20.8. The maximum atomic E-state index is 16.8. The van der Waals surface area contributed by atoms with Crippen LogP contribution in [-0.4, -0.2) is 83.0 Å². The number of aromatic nitrogens is 3. The molecule has 0 unspecified atom stereocenters. The highest BCUT2D eigenvalue weighted by Gasteiger charge is 2.49. The van der Waals surface area contributed by atoms with E-state index in [2.05, 4.69) is 32.0 Å². The van der Waals surface area contributed by atoms with Gasteiger partial charge in [-0.1, -0.05) is 18.5 Å². The van der Waals surface area contributed by atoms with Crippen LogP contribution >= 0.6 is 11.6 Å². The minimum atomic E-state index is -0.900. The van der Waals surface area contributed by atoms with Crippen LogP contribution in [0.1, 0.15) is 56.9 Å². The van der Waals surface area contributed by atoms with Crippen molar-refractivity contribution in [3.8, 4) is 23.1 Å². The number of rotatable bonds is 6. The molecule has 3 aromatic rings. The molecule has 43 heavy (non-hydrogen) atoms. The van der Waals surface area contributed by atoms with Crippen LogP contribution < -0.4 is 19.7 Å². The van der Waals surface area contributed by atoms with E-state index in [1.165, 1.54) is 12.1 Å². The average Bonchev–Trinajstić information content (AvgIpc) is 3.70. The molecule has 4 fully saturated rings. The van der Waals surface area contributed by atoms with Gasteiger partial charge in [0.15, 0.2) is 5.82 Å². The highest BCUT2D eigenvalue weighted by molar-refractivity contribution is 6.32. The Bertz CT molecular complexity index is 1610. The van der Waals surface area contributed by atoms with Gasteiger partial charge in [-0.3, -0.25) is 4.90 Å². The van der Waals surface area contributed by atoms with Crippen LogP contribution in [0.5, 0.6) is 11.9 Å². The second-order valence-electron chi connectivity index (χ2n) is 12.8. The summed E-state index contributed by atoms with van der Waals surface area (Å²) in [5.41, 5.74) is 0.539. The zero-order valence-corrected chi connectivity index (χ0v) is 24.8. The van der Waals surface area contributed by atoms with Gasteiger partial charge in [0.2, 0.25) is 5.88 Å². The third-order valence-electron chi connectivity index (χ3n) is 9.96. The van der Waals surface area contributed by atoms with Crippen LogP contribution in [0.4, 0.5) is 19.0 Å².